The fraction of sp³-hybridized carbons (Fsp3) is 0.500. The Hall–Kier alpha value is -1.12. The molecule has 0 radical (unpaired) electrons. The van der Waals surface area contributed by atoms with E-state index in [9.17, 15) is 8.78 Å². The molecule has 2 atom stereocenters. The summed E-state index contributed by atoms with van der Waals surface area (Å²) in [6.45, 7) is 2.18. The maximum absolute atomic E-state index is 13.3. The van der Waals surface area contributed by atoms with Gasteiger partial charge < -0.3 is 5.32 Å². The highest BCUT2D eigenvalue weighted by Gasteiger charge is 2.21. The third kappa shape index (κ3) is 2.46. The summed E-state index contributed by atoms with van der Waals surface area (Å²) in [6, 6.07) is 3.81. The topological polar surface area (TPSA) is 12.0 Å². The lowest BCUT2D eigenvalue weighted by molar-refractivity contribution is 0.590. The minimum Gasteiger partial charge on any atom is -0.380 e. The predicted molar refractivity (Wildman–Crippen MR) is 56.8 cm³/mol. The zero-order valence-electron chi connectivity index (χ0n) is 8.76. The molecule has 0 aliphatic heterocycles. The van der Waals surface area contributed by atoms with E-state index in [1.165, 1.54) is 6.07 Å². The van der Waals surface area contributed by atoms with Crippen molar-refractivity contribution in [1.82, 2.24) is 0 Å². The highest BCUT2D eigenvalue weighted by atomic mass is 19.1. The number of rotatable bonds is 2. The molecule has 1 aliphatic carbocycles. The number of hydrogen-bond acceptors (Lipinski definition) is 1. The summed E-state index contributed by atoms with van der Waals surface area (Å²) >= 11 is 0. The zero-order chi connectivity index (χ0) is 10.8. The molecule has 82 valence electrons. The molecule has 1 N–H and O–H groups in total. The number of nitrogens with one attached hydrogen (secondary N) is 1. The van der Waals surface area contributed by atoms with E-state index in [-0.39, 0.29) is 17.5 Å². The van der Waals surface area contributed by atoms with Gasteiger partial charge in [0.15, 0.2) is 0 Å². The van der Waals surface area contributed by atoms with Crippen molar-refractivity contribution in [3.63, 3.8) is 0 Å². The van der Waals surface area contributed by atoms with E-state index in [0.717, 1.165) is 31.4 Å². The minimum absolute atomic E-state index is 0.286. The van der Waals surface area contributed by atoms with Crippen LogP contribution in [-0.4, -0.2) is 6.04 Å². The van der Waals surface area contributed by atoms with Crippen molar-refractivity contribution in [3.05, 3.63) is 29.8 Å². The van der Waals surface area contributed by atoms with Crippen LogP contribution in [0.5, 0.6) is 0 Å². The maximum Gasteiger partial charge on any atom is 0.146 e. The highest BCUT2D eigenvalue weighted by molar-refractivity contribution is 5.45. The third-order valence-corrected chi connectivity index (χ3v) is 2.98. The minimum atomic E-state index is -0.398. The third-order valence-electron chi connectivity index (χ3n) is 2.98. The molecule has 15 heavy (non-hydrogen) atoms. The van der Waals surface area contributed by atoms with Gasteiger partial charge in [-0.2, -0.15) is 0 Å². The van der Waals surface area contributed by atoms with Gasteiger partial charge in [0.2, 0.25) is 0 Å². The van der Waals surface area contributed by atoms with Crippen molar-refractivity contribution in [3.8, 4) is 0 Å². The van der Waals surface area contributed by atoms with Crippen molar-refractivity contribution in [1.29, 1.82) is 0 Å². The first kappa shape index (κ1) is 10.4. The molecule has 1 aliphatic rings. The molecule has 1 saturated carbocycles. The first-order valence-electron chi connectivity index (χ1n) is 5.37. The Kier molecular flexibility index (Phi) is 2.89. The molecule has 1 aromatic carbocycles. The van der Waals surface area contributed by atoms with E-state index >= 15 is 0 Å². The van der Waals surface area contributed by atoms with E-state index in [2.05, 4.69) is 12.2 Å². The van der Waals surface area contributed by atoms with Gasteiger partial charge in [-0.05, 0) is 43.4 Å². The second-order valence-electron chi connectivity index (χ2n) is 4.38. The fourth-order valence-corrected chi connectivity index (χ4v) is 2.17. The summed E-state index contributed by atoms with van der Waals surface area (Å²) in [5.74, 6) is -0.0972. The summed E-state index contributed by atoms with van der Waals surface area (Å²) in [7, 11) is 0. The van der Waals surface area contributed by atoms with Crippen LogP contribution in [0.2, 0.25) is 0 Å². The molecule has 1 fully saturated rings. The van der Waals surface area contributed by atoms with Gasteiger partial charge in [-0.25, -0.2) is 8.78 Å². The summed E-state index contributed by atoms with van der Waals surface area (Å²) in [5.41, 5.74) is 0.286. The van der Waals surface area contributed by atoms with E-state index in [1.54, 1.807) is 0 Å². The molecule has 0 saturated heterocycles. The van der Waals surface area contributed by atoms with Crippen LogP contribution in [0.25, 0.3) is 0 Å². The highest BCUT2D eigenvalue weighted by Crippen LogP contribution is 2.28. The fourth-order valence-electron chi connectivity index (χ4n) is 2.17. The smallest absolute Gasteiger partial charge is 0.146 e. The number of benzene rings is 1. The van der Waals surface area contributed by atoms with Gasteiger partial charge in [-0.1, -0.05) is 6.92 Å². The number of hydrogen-bond donors (Lipinski definition) is 1. The van der Waals surface area contributed by atoms with Crippen LogP contribution in [0.3, 0.4) is 0 Å². The van der Waals surface area contributed by atoms with Crippen LogP contribution in [0.4, 0.5) is 14.5 Å². The Morgan fingerprint density at radius 3 is 2.73 bits per heavy atom. The lowest BCUT2D eigenvalue weighted by atomic mass is 10.1. The zero-order valence-corrected chi connectivity index (χ0v) is 8.76. The van der Waals surface area contributed by atoms with Crippen LogP contribution in [0.1, 0.15) is 26.2 Å². The molecular formula is C12H15F2N. The average Bonchev–Trinajstić information content (AvgIpc) is 2.58. The number of anilines is 1. The Labute approximate surface area is 88.5 Å². The van der Waals surface area contributed by atoms with Gasteiger partial charge in [0.05, 0.1) is 5.69 Å². The summed E-state index contributed by atoms with van der Waals surface area (Å²) in [5, 5.41) is 3.07. The van der Waals surface area contributed by atoms with Gasteiger partial charge in [0, 0.05) is 6.04 Å². The van der Waals surface area contributed by atoms with Crippen LogP contribution in [-0.2, 0) is 0 Å². The SMILES string of the molecule is CC1CCC(Nc2cc(F)ccc2F)C1. The average molecular weight is 211 g/mol. The largest absolute Gasteiger partial charge is 0.380 e. The van der Waals surface area contributed by atoms with E-state index in [1.807, 2.05) is 0 Å². The molecular weight excluding hydrogens is 196 g/mol. The normalized spacial score (nSPS) is 25.5. The van der Waals surface area contributed by atoms with Crippen molar-refractivity contribution < 1.29 is 8.78 Å². The first-order valence-corrected chi connectivity index (χ1v) is 5.37. The summed E-state index contributed by atoms with van der Waals surface area (Å²) in [4.78, 5) is 0. The molecule has 1 nitrogen and oxygen atoms in total. The van der Waals surface area contributed by atoms with E-state index < -0.39 is 5.82 Å². The predicted octanol–water partition coefficient (Wildman–Crippen LogP) is 3.57. The van der Waals surface area contributed by atoms with Gasteiger partial charge in [-0.3, -0.25) is 0 Å². The van der Waals surface area contributed by atoms with E-state index in [4.69, 9.17) is 0 Å². The molecule has 0 heterocycles. The van der Waals surface area contributed by atoms with Gasteiger partial charge >= 0.3 is 0 Å². The molecule has 0 spiro atoms. The van der Waals surface area contributed by atoms with Gasteiger partial charge in [0.25, 0.3) is 0 Å². The van der Waals surface area contributed by atoms with Crippen LogP contribution >= 0.6 is 0 Å². The molecule has 2 unspecified atom stereocenters. The Bertz CT molecular complexity index is 351. The van der Waals surface area contributed by atoms with Gasteiger partial charge in [-0.15, -0.1) is 0 Å². The molecule has 0 amide bonds. The van der Waals surface area contributed by atoms with Crippen molar-refractivity contribution in [2.45, 2.75) is 32.2 Å². The molecule has 2 rings (SSSR count). The lowest BCUT2D eigenvalue weighted by Crippen LogP contribution is -2.16. The maximum atomic E-state index is 13.3. The summed E-state index contributed by atoms with van der Waals surface area (Å²) in [6.07, 6.45) is 3.24. The van der Waals surface area contributed by atoms with Crippen molar-refractivity contribution in [2.24, 2.45) is 5.92 Å². The lowest BCUT2D eigenvalue weighted by Gasteiger charge is -2.14. The Morgan fingerprint density at radius 1 is 1.27 bits per heavy atom. The van der Waals surface area contributed by atoms with Crippen molar-refractivity contribution >= 4 is 5.69 Å². The monoisotopic (exact) mass is 211 g/mol. The molecule has 0 aromatic heterocycles. The molecule has 1 aromatic rings. The summed E-state index contributed by atoms with van der Waals surface area (Å²) < 4.78 is 26.2. The van der Waals surface area contributed by atoms with E-state index in [0.29, 0.717) is 5.92 Å². The molecule has 0 bridgehead atoms. The number of halogens is 2. The first-order chi connectivity index (χ1) is 7.15. The van der Waals surface area contributed by atoms with Crippen molar-refractivity contribution in [2.75, 3.05) is 5.32 Å². The Balaban J connectivity index is 2.07. The van der Waals surface area contributed by atoms with Crippen LogP contribution < -0.4 is 5.32 Å². The second-order valence-corrected chi connectivity index (χ2v) is 4.38. The standard InChI is InChI=1S/C12H15F2N/c1-8-2-4-10(6-8)15-12-7-9(13)3-5-11(12)14/h3,5,7-8,10,15H,2,4,6H2,1H3. The second kappa shape index (κ2) is 4.17. The van der Waals surface area contributed by atoms with Crippen LogP contribution in [0, 0.1) is 17.6 Å². The van der Waals surface area contributed by atoms with Crippen LogP contribution in [0.15, 0.2) is 18.2 Å². The Morgan fingerprint density at radius 2 is 2.07 bits per heavy atom. The molecule has 3 heteroatoms. The quantitative estimate of drug-likeness (QED) is 0.788. The van der Waals surface area contributed by atoms with Gasteiger partial charge in [0.1, 0.15) is 11.6 Å².